The van der Waals surface area contributed by atoms with Crippen molar-refractivity contribution in [1.29, 1.82) is 0 Å². The van der Waals surface area contributed by atoms with Crippen LogP contribution in [0.15, 0.2) is 178 Å². The number of allylic oxidation sites excluding steroid dienone is 8. The lowest BCUT2D eigenvalue weighted by Gasteiger charge is -2.48. The number of aliphatic imine (C=N–C) groups is 1. The molecule has 3 heteroatoms. The molecule has 3 nitrogen and oxygen atoms in total. The lowest BCUT2D eigenvalue weighted by molar-refractivity contribution is 0.488. The van der Waals surface area contributed by atoms with E-state index in [1.165, 1.54) is 94.7 Å². The molecule has 1 aromatic heterocycles. The van der Waals surface area contributed by atoms with Gasteiger partial charge in [-0.1, -0.05) is 237 Å². The number of fused-ring (bicyclic) bond motifs is 3. The van der Waals surface area contributed by atoms with Crippen molar-refractivity contribution in [2.45, 2.75) is 132 Å². The Labute approximate surface area is 424 Å². The van der Waals surface area contributed by atoms with E-state index in [1.807, 2.05) is 0 Å². The molecule has 0 amide bonds. The SMILES string of the molecule is CC(C)(C)C1=CC2=C3C(=C4N=C(c5ccc(C(C)(C)C)cc5)C(c5ccc(C(C)(C)C)cc5)=C5C=CC=C(C54)N3c3cccc4c(-c5ccc(C(C)(C)C)cc5)c(-c5ccc(C(C)(C)C)cc5)nc2c34)C1. The van der Waals surface area contributed by atoms with Crippen molar-refractivity contribution in [3.63, 3.8) is 0 Å². The van der Waals surface area contributed by atoms with Gasteiger partial charge in [0.25, 0.3) is 0 Å². The molecule has 5 aromatic carbocycles. The number of pyridine rings is 1. The van der Waals surface area contributed by atoms with E-state index in [0.29, 0.717) is 0 Å². The summed E-state index contributed by atoms with van der Waals surface area (Å²) in [6.45, 7) is 34.6. The van der Waals surface area contributed by atoms with Crippen molar-refractivity contribution >= 4 is 33.3 Å². The number of anilines is 1. The van der Waals surface area contributed by atoms with Crippen LogP contribution in [0.1, 0.15) is 149 Å². The van der Waals surface area contributed by atoms with E-state index in [2.05, 4.69) is 248 Å². The van der Waals surface area contributed by atoms with Crippen LogP contribution in [-0.4, -0.2) is 10.7 Å². The van der Waals surface area contributed by atoms with Crippen molar-refractivity contribution in [1.82, 2.24) is 4.98 Å². The number of benzene rings is 5. The van der Waals surface area contributed by atoms with Gasteiger partial charge in [0, 0.05) is 44.5 Å². The third-order valence-electron chi connectivity index (χ3n) is 15.8. The molecule has 71 heavy (non-hydrogen) atoms. The summed E-state index contributed by atoms with van der Waals surface area (Å²) in [5.74, 6) is -0.0657. The quantitative estimate of drug-likeness (QED) is 0.176. The molecule has 11 rings (SSSR count). The summed E-state index contributed by atoms with van der Waals surface area (Å²) in [4.78, 5) is 14.6. The van der Waals surface area contributed by atoms with Crippen molar-refractivity contribution in [2.75, 3.05) is 4.90 Å². The van der Waals surface area contributed by atoms with Crippen molar-refractivity contribution in [3.8, 4) is 22.4 Å². The normalized spacial score (nSPS) is 17.9. The second-order valence-corrected chi connectivity index (χ2v) is 25.9. The molecule has 1 atom stereocenters. The molecule has 0 N–H and O–H groups in total. The average Bonchev–Trinajstić information content (AvgIpc) is 3.32. The fraction of sp³-hybridized carbons (Fsp3) is 0.324. The van der Waals surface area contributed by atoms with Gasteiger partial charge < -0.3 is 4.90 Å². The summed E-state index contributed by atoms with van der Waals surface area (Å²) in [5.41, 5.74) is 25.4. The Balaban J connectivity index is 1.23. The molecule has 0 saturated carbocycles. The average molecular weight is 930 g/mol. The van der Waals surface area contributed by atoms with Crippen molar-refractivity contribution in [3.05, 3.63) is 212 Å². The van der Waals surface area contributed by atoms with E-state index < -0.39 is 0 Å². The molecular formula is C68H71N3. The highest BCUT2D eigenvalue weighted by atomic mass is 15.2. The van der Waals surface area contributed by atoms with Gasteiger partial charge in [0.2, 0.25) is 0 Å². The van der Waals surface area contributed by atoms with E-state index in [-0.39, 0.29) is 33.0 Å². The minimum atomic E-state index is -0.0986. The Kier molecular flexibility index (Phi) is 10.5. The van der Waals surface area contributed by atoms with Crippen LogP contribution in [0.25, 0.3) is 44.3 Å². The van der Waals surface area contributed by atoms with Gasteiger partial charge in [-0.25, -0.2) is 4.98 Å². The zero-order valence-electron chi connectivity index (χ0n) is 44.9. The maximum atomic E-state index is 6.04. The minimum Gasteiger partial charge on any atom is -0.311 e. The highest BCUT2D eigenvalue weighted by Gasteiger charge is 2.47. The van der Waals surface area contributed by atoms with E-state index in [0.717, 1.165) is 40.3 Å². The first-order valence-electron chi connectivity index (χ1n) is 26.0. The predicted molar refractivity (Wildman–Crippen MR) is 303 cm³/mol. The summed E-state index contributed by atoms with van der Waals surface area (Å²) in [6.07, 6.45) is 10.4. The van der Waals surface area contributed by atoms with E-state index >= 15 is 0 Å². The molecular weight excluding hydrogens is 859 g/mol. The summed E-state index contributed by atoms with van der Waals surface area (Å²) in [7, 11) is 0. The Morgan fingerprint density at radius 2 is 1.03 bits per heavy atom. The Hall–Kier alpha value is -6.58. The van der Waals surface area contributed by atoms with Gasteiger partial charge in [-0.3, -0.25) is 4.99 Å². The fourth-order valence-electron chi connectivity index (χ4n) is 11.5. The second-order valence-electron chi connectivity index (χ2n) is 25.9. The van der Waals surface area contributed by atoms with Crippen LogP contribution in [0.3, 0.4) is 0 Å². The van der Waals surface area contributed by atoms with Crippen LogP contribution in [0.5, 0.6) is 0 Å². The second kappa shape index (κ2) is 16.0. The molecule has 0 spiro atoms. The van der Waals surface area contributed by atoms with E-state index in [1.54, 1.807) is 0 Å². The number of hydrogen-bond acceptors (Lipinski definition) is 3. The topological polar surface area (TPSA) is 28.5 Å². The van der Waals surface area contributed by atoms with Gasteiger partial charge in [0.1, 0.15) is 0 Å². The fourth-order valence-corrected chi connectivity index (χ4v) is 11.5. The monoisotopic (exact) mass is 930 g/mol. The number of dihydropyridines is 1. The molecule has 0 radical (unpaired) electrons. The van der Waals surface area contributed by atoms with Gasteiger partial charge in [-0.15, -0.1) is 0 Å². The van der Waals surface area contributed by atoms with Gasteiger partial charge in [-0.2, -0.15) is 0 Å². The first-order valence-corrected chi connectivity index (χ1v) is 26.0. The zero-order chi connectivity index (χ0) is 50.3. The van der Waals surface area contributed by atoms with Gasteiger partial charge in [-0.05, 0) is 90.0 Å². The van der Waals surface area contributed by atoms with Crippen LogP contribution in [0, 0.1) is 11.3 Å². The van der Waals surface area contributed by atoms with E-state index in [4.69, 9.17) is 9.98 Å². The molecule has 4 heterocycles. The van der Waals surface area contributed by atoms with Crippen molar-refractivity contribution in [2.24, 2.45) is 16.3 Å². The largest absolute Gasteiger partial charge is 0.311 e. The summed E-state index contributed by atoms with van der Waals surface area (Å²) in [6, 6.07) is 44.0. The first-order chi connectivity index (χ1) is 33.4. The highest BCUT2D eigenvalue weighted by Crippen LogP contribution is 2.60. The van der Waals surface area contributed by atoms with E-state index in [9.17, 15) is 0 Å². The molecule has 0 saturated heterocycles. The Bertz CT molecular complexity index is 3430. The molecule has 3 aliphatic heterocycles. The van der Waals surface area contributed by atoms with Gasteiger partial charge in [0.05, 0.1) is 40.1 Å². The summed E-state index contributed by atoms with van der Waals surface area (Å²) in [5, 5.41) is 2.42. The number of rotatable bonds is 4. The maximum absolute atomic E-state index is 6.04. The zero-order valence-corrected chi connectivity index (χ0v) is 44.9. The molecule has 6 aromatic rings. The highest BCUT2D eigenvalue weighted by molar-refractivity contribution is 6.34. The third kappa shape index (κ3) is 7.77. The van der Waals surface area contributed by atoms with Crippen molar-refractivity contribution < 1.29 is 0 Å². The first kappa shape index (κ1) is 46.8. The predicted octanol–water partition coefficient (Wildman–Crippen LogP) is 18.0. The minimum absolute atomic E-state index is 0.0316. The molecule has 5 aliphatic rings. The maximum Gasteiger partial charge on any atom is 0.0830 e. The van der Waals surface area contributed by atoms with Crippen LogP contribution in [0.2, 0.25) is 0 Å². The number of aromatic nitrogens is 1. The Morgan fingerprint density at radius 1 is 0.521 bits per heavy atom. The van der Waals surface area contributed by atoms with Crippen LogP contribution in [-0.2, 0) is 21.7 Å². The van der Waals surface area contributed by atoms with Gasteiger partial charge >= 0.3 is 0 Å². The number of nitrogens with zero attached hydrogens (tertiary/aromatic N) is 3. The Morgan fingerprint density at radius 3 is 1.55 bits per heavy atom. The smallest absolute Gasteiger partial charge is 0.0830 e. The molecule has 358 valence electrons. The van der Waals surface area contributed by atoms with Crippen LogP contribution < -0.4 is 4.90 Å². The molecule has 2 aliphatic carbocycles. The molecule has 1 unspecified atom stereocenters. The third-order valence-corrected chi connectivity index (χ3v) is 15.8. The van der Waals surface area contributed by atoms with Crippen LogP contribution in [0.4, 0.5) is 5.69 Å². The summed E-state index contributed by atoms with van der Waals surface area (Å²) >= 11 is 0. The standard InChI is InChI=1S/C68H71N3/c1-64(2,3)44-30-22-40(23-31-44)55-49-18-16-20-53-57(49)61(69-59(55)42-26-34-46(35-27-42)66(7,8)9)51-38-48(68(13,14)15)39-52-62-58-50(19-17-21-54(58)71(53)63(51)52)56(41-24-32-45(33-25-41)65(4,5)6)60(70-62)43-28-36-47(37-29-43)67(10,11)12/h16-38,58H,39H2,1-15H3. The van der Waals surface area contributed by atoms with Crippen LogP contribution >= 0.6 is 0 Å². The lowest BCUT2D eigenvalue weighted by atomic mass is 9.69. The molecule has 0 fully saturated rings. The lowest BCUT2D eigenvalue weighted by Crippen LogP contribution is -2.40. The van der Waals surface area contributed by atoms with Gasteiger partial charge in [0.15, 0.2) is 0 Å². The number of hydrogen-bond donors (Lipinski definition) is 0. The summed E-state index contributed by atoms with van der Waals surface area (Å²) < 4.78 is 0. The molecule has 0 bridgehead atoms.